The number of hydrogen-bond acceptors (Lipinski definition) is 2. The van der Waals surface area contributed by atoms with Crippen LogP contribution in [0.5, 0.6) is 5.75 Å². The molecule has 110 valence electrons. The van der Waals surface area contributed by atoms with Gasteiger partial charge in [-0.1, -0.05) is 25.0 Å². The molecule has 3 nitrogen and oxygen atoms in total. The Morgan fingerprint density at radius 3 is 2.25 bits per heavy atom. The molecule has 0 aromatic heterocycles. The first kappa shape index (κ1) is 14.9. The fourth-order valence-electron chi connectivity index (χ4n) is 2.56. The lowest BCUT2D eigenvalue weighted by molar-refractivity contribution is -0.130. The van der Waals surface area contributed by atoms with Crippen LogP contribution in [0.2, 0.25) is 0 Å². The highest BCUT2D eigenvalue weighted by Crippen LogP contribution is 2.16. The molecule has 0 N–H and O–H groups in total. The van der Waals surface area contributed by atoms with Crippen LogP contribution in [0.15, 0.2) is 24.3 Å². The van der Waals surface area contributed by atoms with Crippen molar-refractivity contribution in [3.63, 3.8) is 0 Å². The predicted octanol–water partition coefficient (Wildman–Crippen LogP) is 3.42. The van der Waals surface area contributed by atoms with Gasteiger partial charge in [0, 0.05) is 13.1 Å². The van der Waals surface area contributed by atoms with E-state index in [9.17, 15) is 4.79 Å². The van der Waals surface area contributed by atoms with Crippen molar-refractivity contribution >= 4 is 5.91 Å². The van der Waals surface area contributed by atoms with E-state index in [1.807, 2.05) is 43.0 Å². The molecule has 3 heteroatoms. The maximum atomic E-state index is 12.3. The molecule has 1 aliphatic heterocycles. The summed E-state index contributed by atoms with van der Waals surface area (Å²) in [5, 5.41) is 0. The van der Waals surface area contributed by atoms with Crippen LogP contribution in [-0.4, -0.2) is 30.0 Å². The van der Waals surface area contributed by atoms with E-state index < -0.39 is 0 Å². The van der Waals surface area contributed by atoms with Crippen LogP contribution in [0.25, 0.3) is 0 Å². The summed E-state index contributed by atoms with van der Waals surface area (Å²) < 4.78 is 5.61. The predicted molar refractivity (Wildman–Crippen MR) is 81.0 cm³/mol. The molecule has 1 saturated heterocycles. The van der Waals surface area contributed by atoms with Gasteiger partial charge in [-0.2, -0.15) is 0 Å². The van der Waals surface area contributed by atoms with E-state index in [0.29, 0.717) is 6.42 Å². The normalized spacial score (nSPS) is 16.1. The quantitative estimate of drug-likeness (QED) is 0.842. The number of rotatable bonds is 4. The van der Waals surface area contributed by atoms with Gasteiger partial charge in [0.05, 0.1) is 12.5 Å². The Morgan fingerprint density at radius 2 is 1.70 bits per heavy atom. The third kappa shape index (κ3) is 4.55. The van der Waals surface area contributed by atoms with E-state index in [2.05, 4.69) is 0 Å². The van der Waals surface area contributed by atoms with E-state index in [1.54, 1.807) is 0 Å². The Labute approximate surface area is 121 Å². The van der Waals surface area contributed by atoms with Crippen LogP contribution in [0.4, 0.5) is 0 Å². The summed E-state index contributed by atoms with van der Waals surface area (Å²) in [6.07, 6.45) is 5.48. The first-order valence-electron chi connectivity index (χ1n) is 7.68. The minimum absolute atomic E-state index is 0.180. The SMILES string of the molecule is CC(C)Oc1ccc(CC(=O)N2CCCCCC2)cc1. The summed E-state index contributed by atoms with van der Waals surface area (Å²) in [4.78, 5) is 14.3. The molecule has 0 atom stereocenters. The van der Waals surface area contributed by atoms with E-state index >= 15 is 0 Å². The van der Waals surface area contributed by atoms with Crippen LogP contribution < -0.4 is 4.74 Å². The fraction of sp³-hybridized carbons (Fsp3) is 0.588. The highest BCUT2D eigenvalue weighted by atomic mass is 16.5. The van der Waals surface area contributed by atoms with Gasteiger partial charge in [0.25, 0.3) is 0 Å². The number of ether oxygens (including phenoxy) is 1. The zero-order chi connectivity index (χ0) is 14.4. The first-order valence-corrected chi connectivity index (χ1v) is 7.68. The van der Waals surface area contributed by atoms with Crippen LogP contribution in [-0.2, 0) is 11.2 Å². The third-order valence-electron chi connectivity index (χ3n) is 3.61. The van der Waals surface area contributed by atoms with Crippen LogP contribution in [0.1, 0.15) is 45.1 Å². The molecule has 1 aromatic rings. The van der Waals surface area contributed by atoms with Crippen LogP contribution in [0.3, 0.4) is 0 Å². The highest BCUT2D eigenvalue weighted by molar-refractivity contribution is 5.78. The van der Waals surface area contributed by atoms with Gasteiger partial charge in [0.15, 0.2) is 0 Å². The molecule has 0 saturated carbocycles. The molecular formula is C17H25NO2. The Morgan fingerprint density at radius 1 is 1.10 bits per heavy atom. The molecule has 1 heterocycles. The van der Waals surface area contributed by atoms with Crippen LogP contribution in [0, 0.1) is 0 Å². The summed E-state index contributed by atoms with van der Waals surface area (Å²) in [5.74, 6) is 1.12. The lowest BCUT2D eigenvalue weighted by Gasteiger charge is -2.20. The minimum atomic E-state index is 0.180. The van der Waals surface area contributed by atoms with E-state index in [1.165, 1.54) is 12.8 Å². The number of amides is 1. The van der Waals surface area contributed by atoms with Gasteiger partial charge in [-0.3, -0.25) is 4.79 Å². The van der Waals surface area contributed by atoms with Gasteiger partial charge in [0.2, 0.25) is 5.91 Å². The smallest absolute Gasteiger partial charge is 0.226 e. The number of hydrogen-bond donors (Lipinski definition) is 0. The number of nitrogens with zero attached hydrogens (tertiary/aromatic N) is 1. The molecule has 0 unspecified atom stereocenters. The fourth-order valence-corrected chi connectivity index (χ4v) is 2.56. The van der Waals surface area contributed by atoms with Crippen LogP contribution >= 0.6 is 0 Å². The lowest BCUT2D eigenvalue weighted by Crippen LogP contribution is -2.33. The molecule has 2 rings (SSSR count). The van der Waals surface area contributed by atoms with Crippen molar-refractivity contribution in [1.29, 1.82) is 0 Å². The van der Waals surface area contributed by atoms with E-state index in [4.69, 9.17) is 4.74 Å². The second-order valence-corrected chi connectivity index (χ2v) is 5.78. The Hall–Kier alpha value is -1.51. The Bertz CT molecular complexity index is 417. The monoisotopic (exact) mass is 275 g/mol. The van der Waals surface area contributed by atoms with Gasteiger partial charge >= 0.3 is 0 Å². The van der Waals surface area contributed by atoms with Crippen molar-refractivity contribution in [3.8, 4) is 5.75 Å². The first-order chi connectivity index (χ1) is 9.65. The molecule has 0 bridgehead atoms. The standard InChI is InChI=1S/C17H25NO2/c1-14(2)20-16-9-7-15(8-10-16)13-17(19)18-11-5-3-4-6-12-18/h7-10,14H,3-6,11-13H2,1-2H3. The zero-order valence-corrected chi connectivity index (χ0v) is 12.6. The van der Waals surface area contributed by atoms with Gasteiger partial charge in [-0.25, -0.2) is 0 Å². The topological polar surface area (TPSA) is 29.5 Å². The van der Waals surface area contributed by atoms with Gasteiger partial charge in [-0.15, -0.1) is 0 Å². The zero-order valence-electron chi connectivity index (χ0n) is 12.6. The number of carbonyl (C=O) groups excluding carboxylic acids is 1. The van der Waals surface area contributed by atoms with Gasteiger partial charge in [0.1, 0.15) is 5.75 Å². The number of benzene rings is 1. The second-order valence-electron chi connectivity index (χ2n) is 5.78. The molecule has 0 spiro atoms. The third-order valence-corrected chi connectivity index (χ3v) is 3.61. The summed E-state index contributed by atoms with van der Waals surface area (Å²) >= 11 is 0. The number of likely N-dealkylation sites (tertiary alicyclic amines) is 1. The largest absolute Gasteiger partial charge is 0.491 e. The Kier molecular flexibility index (Phi) is 5.45. The highest BCUT2D eigenvalue weighted by Gasteiger charge is 2.15. The van der Waals surface area contributed by atoms with Crippen molar-refractivity contribution < 1.29 is 9.53 Å². The molecule has 1 aromatic carbocycles. The maximum Gasteiger partial charge on any atom is 0.226 e. The molecule has 1 aliphatic rings. The van der Waals surface area contributed by atoms with E-state index in [-0.39, 0.29) is 12.0 Å². The molecule has 0 aliphatic carbocycles. The van der Waals surface area contributed by atoms with Crippen molar-refractivity contribution in [2.24, 2.45) is 0 Å². The summed E-state index contributed by atoms with van der Waals surface area (Å²) in [6, 6.07) is 7.89. The number of carbonyl (C=O) groups is 1. The average molecular weight is 275 g/mol. The minimum Gasteiger partial charge on any atom is -0.491 e. The molecule has 20 heavy (non-hydrogen) atoms. The van der Waals surface area contributed by atoms with Gasteiger partial charge in [-0.05, 0) is 44.4 Å². The van der Waals surface area contributed by atoms with Crippen molar-refractivity contribution in [2.75, 3.05) is 13.1 Å². The van der Waals surface area contributed by atoms with Crippen molar-refractivity contribution in [2.45, 2.75) is 52.1 Å². The van der Waals surface area contributed by atoms with Crippen molar-refractivity contribution in [3.05, 3.63) is 29.8 Å². The summed E-state index contributed by atoms with van der Waals surface area (Å²) in [6.45, 7) is 5.87. The maximum absolute atomic E-state index is 12.3. The molecule has 0 radical (unpaired) electrons. The summed E-state index contributed by atoms with van der Waals surface area (Å²) in [7, 11) is 0. The van der Waals surface area contributed by atoms with E-state index in [0.717, 1.165) is 37.2 Å². The lowest BCUT2D eigenvalue weighted by atomic mass is 10.1. The molecule has 1 fully saturated rings. The summed E-state index contributed by atoms with van der Waals surface area (Å²) in [5.41, 5.74) is 1.07. The molecule has 1 amide bonds. The Balaban J connectivity index is 1.90. The average Bonchev–Trinajstić information content (AvgIpc) is 2.69. The van der Waals surface area contributed by atoms with Gasteiger partial charge < -0.3 is 9.64 Å². The van der Waals surface area contributed by atoms with Crippen molar-refractivity contribution in [1.82, 2.24) is 4.90 Å². The molecular weight excluding hydrogens is 250 g/mol. The second kappa shape index (κ2) is 7.32.